The first-order chi connectivity index (χ1) is 8.63. The highest BCUT2D eigenvalue weighted by Gasteiger charge is 2.14. The molecule has 18 heavy (non-hydrogen) atoms. The first kappa shape index (κ1) is 13.0. The van der Waals surface area contributed by atoms with E-state index < -0.39 is 0 Å². The van der Waals surface area contributed by atoms with Gasteiger partial charge in [-0.25, -0.2) is 4.98 Å². The van der Waals surface area contributed by atoms with E-state index in [1.54, 1.807) is 13.3 Å². The third-order valence-electron chi connectivity index (χ3n) is 2.50. The summed E-state index contributed by atoms with van der Waals surface area (Å²) in [4.78, 5) is 4.25. The van der Waals surface area contributed by atoms with Crippen molar-refractivity contribution in [3.05, 3.63) is 35.1 Å². The number of hydrogen-bond acceptors (Lipinski definition) is 3. The molecule has 4 nitrogen and oxygen atoms in total. The van der Waals surface area contributed by atoms with Crippen LogP contribution in [0.2, 0.25) is 0 Å². The topological polar surface area (TPSA) is 36.3 Å². The molecule has 5 heteroatoms. The molecule has 2 aromatic rings. The summed E-state index contributed by atoms with van der Waals surface area (Å²) in [7, 11) is 1.62. The Kier molecular flexibility index (Phi) is 3.91. The van der Waals surface area contributed by atoms with Crippen LogP contribution in [0.4, 0.5) is 0 Å². The highest BCUT2D eigenvalue weighted by molar-refractivity contribution is 9.10. The smallest absolute Gasteiger partial charge is 0.303 e. The van der Waals surface area contributed by atoms with E-state index in [1.807, 2.05) is 28.8 Å². The van der Waals surface area contributed by atoms with Crippen LogP contribution in [0.15, 0.2) is 35.1 Å². The number of imidazole rings is 1. The Bertz CT molecular complexity index is 538. The maximum Gasteiger partial charge on any atom is 0.303 e. The van der Waals surface area contributed by atoms with Crippen molar-refractivity contribution in [3.8, 4) is 17.5 Å². The van der Waals surface area contributed by atoms with Crippen molar-refractivity contribution in [2.45, 2.75) is 19.9 Å². The molecule has 0 aliphatic carbocycles. The number of nitrogens with zero attached hydrogens (tertiary/aromatic N) is 2. The predicted octanol–water partition coefficient (Wildman–Crippen LogP) is 4.03. The molecule has 0 atom stereocenters. The zero-order valence-electron chi connectivity index (χ0n) is 10.6. The minimum Gasteiger partial charge on any atom is -0.493 e. The number of hydrogen-bond donors (Lipinski definition) is 0. The lowest BCUT2D eigenvalue weighted by molar-refractivity contribution is 0.351. The monoisotopic (exact) mass is 310 g/mol. The summed E-state index contributed by atoms with van der Waals surface area (Å²) < 4.78 is 13.9. The summed E-state index contributed by atoms with van der Waals surface area (Å²) in [5.41, 5.74) is 0. The van der Waals surface area contributed by atoms with Gasteiger partial charge in [-0.1, -0.05) is 12.1 Å². The third kappa shape index (κ3) is 2.51. The quantitative estimate of drug-likeness (QED) is 0.855. The molecule has 96 valence electrons. The number of ether oxygens (including phenoxy) is 2. The molecule has 0 saturated heterocycles. The fourth-order valence-electron chi connectivity index (χ4n) is 1.67. The Hall–Kier alpha value is -1.49. The summed E-state index contributed by atoms with van der Waals surface area (Å²) in [5, 5.41) is 0. The zero-order valence-corrected chi connectivity index (χ0v) is 12.1. The van der Waals surface area contributed by atoms with E-state index in [9.17, 15) is 0 Å². The van der Waals surface area contributed by atoms with Crippen LogP contribution in [-0.2, 0) is 0 Å². The van der Waals surface area contributed by atoms with E-state index in [0.717, 1.165) is 4.60 Å². The Balaban J connectivity index is 2.34. The molecule has 1 aromatic carbocycles. The van der Waals surface area contributed by atoms with Gasteiger partial charge in [0.2, 0.25) is 0 Å². The summed E-state index contributed by atoms with van der Waals surface area (Å²) >= 11 is 3.46. The minimum absolute atomic E-state index is 0.256. The van der Waals surface area contributed by atoms with Crippen molar-refractivity contribution in [1.29, 1.82) is 0 Å². The number of methoxy groups -OCH3 is 1. The highest BCUT2D eigenvalue weighted by Crippen LogP contribution is 2.33. The van der Waals surface area contributed by atoms with Crippen molar-refractivity contribution in [3.63, 3.8) is 0 Å². The van der Waals surface area contributed by atoms with Crippen molar-refractivity contribution in [2.75, 3.05) is 7.11 Å². The van der Waals surface area contributed by atoms with Gasteiger partial charge in [-0.15, -0.1) is 0 Å². The molecule has 0 radical (unpaired) electrons. The van der Waals surface area contributed by atoms with Gasteiger partial charge in [0.1, 0.15) is 4.60 Å². The van der Waals surface area contributed by atoms with Gasteiger partial charge in [0.15, 0.2) is 11.5 Å². The van der Waals surface area contributed by atoms with Gasteiger partial charge in [-0.3, -0.25) is 4.57 Å². The van der Waals surface area contributed by atoms with Crippen molar-refractivity contribution >= 4 is 15.9 Å². The second kappa shape index (κ2) is 5.44. The number of benzene rings is 1. The van der Waals surface area contributed by atoms with Crippen LogP contribution in [0.25, 0.3) is 0 Å². The molecule has 0 aliphatic heterocycles. The lowest BCUT2D eigenvalue weighted by Gasteiger charge is -2.14. The van der Waals surface area contributed by atoms with Crippen LogP contribution in [0.1, 0.15) is 19.9 Å². The average Bonchev–Trinajstić information content (AvgIpc) is 2.71. The summed E-state index contributed by atoms with van der Waals surface area (Å²) in [6.45, 7) is 4.14. The molecular weight excluding hydrogens is 296 g/mol. The third-order valence-corrected chi connectivity index (χ3v) is 3.09. The standard InChI is InChI=1S/C13H15BrN2O2/c1-9(2)16-12(14)8-15-13(16)18-11-7-5-4-6-10(11)17-3/h4-9H,1-3H3. The lowest BCUT2D eigenvalue weighted by Crippen LogP contribution is -2.04. The Morgan fingerprint density at radius 1 is 1.22 bits per heavy atom. The molecule has 0 amide bonds. The van der Waals surface area contributed by atoms with Gasteiger partial charge < -0.3 is 9.47 Å². The molecule has 0 unspecified atom stereocenters. The van der Waals surface area contributed by atoms with E-state index in [4.69, 9.17) is 9.47 Å². The normalized spacial score (nSPS) is 10.7. The van der Waals surface area contributed by atoms with Crippen molar-refractivity contribution in [2.24, 2.45) is 0 Å². The summed E-state index contributed by atoms with van der Waals surface area (Å²) in [6, 6.07) is 8.30. The Morgan fingerprint density at radius 2 is 1.89 bits per heavy atom. The van der Waals surface area contributed by atoms with Crippen LogP contribution in [0.5, 0.6) is 17.5 Å². The number of rotatable bonds is 4. The van der Waals surface area contributed by atoms with Crippen LogP contribution < -0.4 is 9.47 Å². The fraction of sp³-hybridized carbons (Fsp3) is 0.308. The van der Waals surface area contributed by atoms with Gasteiger partial charge >= 0.3 is 6.01 Å². The lowest BCUT2D eigenvalue weighted by atomic mass is 10.3. The van der Waals surface area contributed by atoms with Gasteiger partial charge in [0, 0.05) is 6.04 Å². The maximum atomic E-state index is 5.81. The number of para-hydroxylation sites is 2. The first-order valence-corrected chi connectivity index (χ1v) is 6.46. The van der Waals surface area contributed by atoms with Crippen LogP contribution >= 0.6 is 15.9 Å². The Labute approximate surface area is 115 Å². The molecule has 0 N–H and O–H groups in total. The van der Waals surface area contributed by atoms with Gasteiger partial charge in [-0.05, 0) is 41.9 Å². The second-order valence-corrected chi connectivity index (χ2v) is 4.89. The molecule has 2 rings (SSSR count). The van der Waals surface area contributed by atoms with E-state index in [0.29, 0.717) is 17.5 Å². The van der Waals surface area contributed by atoms with E-state index in [1.165, 1.54) is 0 Å². The van der Waals surface area contributed by atoms with Gasteiger partial charge in [0.25, 0.3) is 0 Å². The van der Waals surface area contributed by atoms with Crippen LogP contribution in [-0.4, -0.2) is 16.7 Å². The van der Waals surface area contributed by atoms with Gasteiger partial charge in [-0.2, -0.15) is 0 Å². The minimum atomic E-state index is 0.256. The average molecular weight is 311 g/mol. The summed E-state index contributed by atoms with van der Waals surface area (Å²) in [5.74, 6) is 1.34. The molecule has 0 aliphatic rings. The molecular formula is C13H15BrN2O2. The Morgan fingerprint density at radius 3 is 2.50 bits per heavy atom. The molecule has 0 bridgehead atoms. The predicted molar refractivity (Wildman–Crippen MR) is 73.4 cm³/mol. The largest absolute Gasteiger partial charge is 0.493 e. The van der Waals surface area contributed by atoms with Crippen molar-refractivity contribution in [1.82, 2.24) is 9.55 Å². The number of halogens is 1. The van der Waals surface area contributed by atoms with Crippen LogP contribution in [0.3, 0.4) is 0 Å². The molecule has 1 aromatic heterocycles. The van der Waals surface area contributed by atoms with E-state index >= 15 is 0 Å². The molecule has 0 spiro atoms. The molecule has 1 heterocycles. The SMILES string of the molecule is COc1ccccc1Oc1ncc(Br)n1C(C)C. The number of aromatic nitrogens is 2. The molecule has 0 saturated carbocycles. The summed E-state index contributed by atoms with van der Waals surface area (Å²) in [6.07, 6.45) is 1.73. The van der Waals surface area contributed by atoms with Crippen LogP contribution in [0, 0.1) is 0 Å². The zero-order chi connectivity index (χ0) is 13.1. The fourth-order valence-corrected chi connectivity index (χ4v) is 2.33. The first-order valence-electron chi connectivity index (χ1n) is 5.67. The second-order valence-electron chi connectivity index (χ2n) is 4.08. The maximum absolute atomic E-state index is 5.81. The van der Waals surface area contributed by atoms with Crippen molar-refractivity contribution < 1.29 is 9.47 Å². The molecule has 0 fully saturated rings. The van der Waals surface area contributed by atoms with Gasteiger partial charge in [0.05, 0.1) is 13.3 Å². The highest BCUT2D eigenvalue weighted by atomic mass is 79.9. The van der Waals surface area contributed by atoms with E-state index in [2.05, 4.69) is 34.8 Å². The van der Waals surface area contributed by atoms with E-state index in [-0.39, 0.29) is 6.04 Å².